The van der Waals surface area contributed by atoms with Crippen LogP contribution in [0.5, 0.6) is 0 Å². The Kier molecular flexibility index (Phi) is 2.28. The highest BCUT2D eigenvalue weighted by Crippen LogP contribution is 2.15. The van der Waals surface area contributed by atoms with Crippen molar-refractivity contribution in [2.45, 2.75) is 0 Å². The first-order valence-corrected chi connectivity index (χ1v) is 4.35. The third-order valence-electron chi connectivity index (χ3n) is 2.04. The minimum Gasteiger partial charge on any atom is -0.341 e. The minimum absolute atomic E-state index is 0.684. The summed E-state index contributed by atoms with van der Waals surface area (Å²) in [6.07, 6.45) is 5.52. The zero-order valence-corrected chi connectivity index (χ0v) is 7.59. The van der Waals surface area contributed by atoms with Crippen molar-refractivity contribution in [1.29, 1.82) is 5.26 Å². The highest BCUT2D eigenvalue weighted by atomic mass is 15.1. The molecule has 0 unspecified atom stereocenters. The van der Waals surface area contributed by atoms with Crippen LogP contribution in [0.15, 0.2) is 41.7 Å². The van der Waals surface area contributed by atoms with Gasteiger partial charge in [-0.15, -0.1) is 0 Å². The van der Waals surface area contributed by atoms with Gasteiger partial charge in [-0.1, -0.05) is 0 Å². The number of aliphatic imine (C=N–C) groups is 1. The van der Waals surface area contributed by atoms with Crippen LogP contribution < -0.4 is 4.90 Å². The molecule has 0 aliphatic carbocycles. The summed E-state index contributed by atoms with van der Waals surface area (Å²) in [7, 11) is 0. The van der Waals surface area contributed by atoms with Crippen molar-refractivity contribution in [1.82, 2.24) is 0 Å². The van der Waals surface area contributed by atoms with E-state index in [9.17, 15) is 0 Å². The fraction of sp³-hybridized carbons (Fsp3) is 0.0909. The van der Waals surface area contributed by atoms with E-state index in [0.717, 1.165) is 12.2 Å². The molecule has 1 aromatic rings. The Morgan fingerprint density at radius 2 is 2.07 bits per heavy atom. The molecule has 0 bridgehead atoms. The molecule has 3 nitrogen and oxygen atoms in total. The lowest BCUT2D eigenvalue weighted by molar-refractivity contribution is 1.10. The lowest BCUT2D eigenvalue weighted by atomic mass is 10.2. The number of rotatable bonds is 1. The van der Waals surface area contributed by atoms with Gasteiger partial charge >= 0.3 is 0 Å². The van der Waals surface area contributed by atoms with E-state index in [2.05, 4.69) is 16.0 Å². The Morgan fingerprint density at radius 3 is 2.64 bits per heavy atom. The second-order valence-electron chi connectivity index (χ2n) is 2.94. The maximum absolute atomic E-state index is 8.64. The van der Waals surface area contributed by atoms with Crippen LogP contribution in [-0.2, 0) is 0 Å². The summed E-state index contributed by atoms with van der Waals surface area (Å²) in [6.45, 7) is 0.780. The van der Waals surface area contributed by atoms with E-state index in [1.54, 1.807) is 6.20 Å². The minimum atomic E-state index is 0.684. The monoisotopic (exact) mass is 183 g/mol. The van der Waals surface area contributed by atoms with Gasteiger partial charge in [-0.05, 0) is 24.3 Å². The molecule has 2 rings (SSSR count). The van der Waals surface area contributed by atoms with E-state index in [1.165, 1.54) is 0 Å². The molecule has 1 aromatic carbocycles. The maximum Gasteiger partial charge on any atom is 0.0991 e. The molecule has 0 spiro atoms. The molecule has 14 heavy (non-hydrogen) atoms. The maximum atomic E-state index is 8.64. The molecule has 0 fully saturated rings. The van der Waals surface area contributed by atoms with Crippen LogP contribution in [0.2, 0.25) is 0 Å². The van der Waals surface area contributed by atoms with Crippen LogP contribution in [0, 0.1) is 11.3 Å². The van der Waals surface area contributed by atoms with Crippen molar-refractivity contribution in [2.24, 2.45) is 4.99 Å². The Bertz CT molecular complexity index is 409. The van der Waals surface area contributed by atoms with Gasteiger partial charge in [0.2, 0.25) is 0 Å². The Balaban J connectivity index is 2.21. The highest BCUT2D eigenvalue weighted by molar-refractivity contribution is 5.69. The van der Waals surface area contributed by atoms with Gasteiger partial charge < -0.3 is 4.90 Å². The fourth-order valence-electron chi connectivity index (χ4n) is 1.29. The second-order valence-corrected chi connectivity index (χ2v) is 2.94. The largest absolute Gasteiger partial charge is 0.341 e. The highest BCUT2D eigenvalue weighted by Gasteiger charge is 2.02. The van der Waals surface area contributed by atoms with Gasteiger partial charge in [0.25, 0.3) is 0 Å². The molecular formula is C11H9N3. The summed E-state index contributed by atoms with van der Waals surface area (Å²) in [5, 5.41) is 8.64. The molecule has 1 aliphatic heterocycles. The average molecular weight is 183 g/mol. The molecule has 0 aromatic heterocycles. The first kappa shape index (κ1) is 8.52. The lowest BCUT2D eigenvalue weighted by Crippen LogP contribution is -2.20. The quantitative estimate of drug-likeness (QED) is 0.667. The first-order valence-electron chi connectivity index (χ1n) is 4.35. The van der Waals surface area contributed by atoms with Crippen LogP contribution in [0.3, 0.4) is 0 Å². The molecule has 0 amide bonds. The van der Waals surface area contributed by atoms with Crippen molar-refractivity contribution in [2.75, 3.05) is 11.4 Å². The molecule has 1 aliphatic rings. The molecule has 3 heteroatoms. The van der Waals surface area contributed by atoms with E-state index < -0.39 is 0 Å². The van der Waals surface area contributed by atoms with Crippen molar-refractivity contribution in [3.05, 3.63) is 42.2 Å². The summed E-state index contributed by atoms with van der Waals surface area (Å²) >= 11 is 0. The smallest absolute Gasteiger partial charge is 0.0991 e. The number of anilines is 1. The Morgan fingerprint density at radius 1 is 1.29 bits per heavy atom. The molecule has 1 heterocycles. The average Bonchev–Trinajstić information content (AvgIpc) is 2.30. The number of nitriles is 1. The zero-order valence-electron chi connectivity index (χ0n) is 7.59. The van der Waals surface area contributed by atoms with Crippen molar-refractivity contribution in [3.63, 3.8) is 0 Å². The lowest BCUT2D eigenvalue weighted by Gasteiger charge is -2.19. The van der Waals surface area contributed by atoms with Crippen molar-refractivity contribution < 1.29 is 0 Å². The molecular weight excluding hydrogens is 174 g/mol. The van der Waals surface area contributed by atoms with Crippen molar-refractivity contribution >= 4 is 11.9 Å². The van der Waals surface area contributed by atoms with Crippen LogP contribution >= 0.6 is 0 Å². The predicted molar refractivity (Wildman–Crippen MR) is 56.1 cm³/mol. The molecule has 0 saturated carbocycles. The summed E-state index contributed by atoms with van der Waals surface area (Å²) in [4.78, 5) is 6.05. The van der Waals surface area contributed by atoms with Gasteiger partial charge in [-0.2, -0.15) is 5.26 Å². The topological polar surface area (TPSA) is 39.4 Å². The van der Waals surface area contributed by atoms with Gasteiger partial charge in [0, 0.05) is 24.3 Å². The van der Waals surface area contributed by atoms with E-state index in [0.29, 0.717) is 5.56 Å². The number of benzene rings is 1. The zero-order chi connectivity index (χ0) is 9.80. The van der Waals surface area contributed by atoms with Gasteiger partial charge in [0.15, 0.2) is 0 Å². The molecule has 0 atom stereocenters. The number of hydrogen-bond donors (Lipinski definition) is 0. The third-order valence-corrected chi connectivity index (χ3v) is 2.04. The summed E-state index contributed by atoms with van der Waals surface area (Å²) in [5.41, 5.74) is 1.76. The molecule has 0 radical (unpaired) electrons. The molecule has 0 saturated heterocycles. The predicted octanol–water partition coefficient (Wildman–Crippen LogP) is 1.92. The van der Waals surface area contributed by atoms with E-state index in [4.69, 9.17) is 5.26 Å². The number of nitrogens with zero attached hydrogens (tertiary/aromatic N) is 3. The van der Waals surface area contributed by atoms with Crippen LogP contribution in [0.25, 0.3) is 0 Å². The van der Waals surface area contributed by atoms with Gasteiger partial charge in [-0.3, -0.25) is 4.99 Å². The van der Waals surface area contributed by atoms with Crippen LogP contribution in [0.1, 0.15) is 5.56 Å². The van der Waals surface area contributed by atoms with Crippen molar-refractivity contribution in [3.8, 4) is 6.07 Å². The summed E-state index contributed by atoms with van der Waals surface area (Å²) in [5.74, 6) is 0. The SMILES string of the molecule is N#Cc1ccc(N2C=CN=CC2)cc1. The van der Waals surface area contributed by atoms with E-state index in [1.807, 2.05) is 36.7 Å². The standard InChI is InChI=1S/C11H9N3/c12-9-10-1-3-11(4-2-10)14-7-5-13-6-8-14/h1-7H,8H2. The normalized spacial score (nSPS) is 14.1. The summed E-state index contributed by atoms with van der Waals surface area (Å²) in [6, 6.07) is 9.59. The van der Waals surface area contributed by atoms with Gasteiger partial charge in [-0.25, -0.2) is 0 Å². The second kappa shape index (κ2) is 3.75. The van der Waals surface area contributed by atoms with Gasteiger partial charge in [0.05, 0.1) is 18.2 Å². The fourth-order valence-corrected chi connectivity index (χ4v) is 1.29. The number of hydrogen-bond acceptors (Lipinski definition) is 3. The first-order chi connectivity index (χ1) is 6.90. The summed E-state index contributed by atoms with van der Waals surface area (Å²) < 4.78 is 0. The van der Waals surface area contributed by atoms with Crippen LogP contribution in [-0.4, -0.2) is 12.8 Å². The van der Waals surface area contributed by atoms with Gasteiger partial charge in [0.1, 0.15) is 0 Å². The van der Waals surface area contributed by atoms with E-state index >= 15 is 0 Å². The van der Waals surface area contributed by atoms with Crippen LogP contribution in [0.4, 0.5) is 5.69 Å². The molecule has 68 valence electrons. The van der Waals surface area contributed by atoms with E-state index in [-0.39, 0.29) is 0 Å². The Hall–Kier alpha value is -2.08. The Labute approximate surface area is 82.6 Å². The third kappa shape index (κ3) is 1.64. The molecule has 0 N–H and O–H groups in total.